The zero-order valence-corrected chi connectivity index (χ0v) is 15.7. The molecule has 0 aliphatic rings. The molecule has 1 unspecified atom stereocenters. The number of anilines is 1. The van der Waals surface area contributed by atoms with Gasteiger partial charge in [-0.1, -0.05) is 55.3 Å². The van der Waals surface area contributed by atoms with E-state index in [-0.39, 0.29) is 18.2 Å². The second-order valence-electron chi connectivity index (χ2n) is 6.27. The molecule has 6 nitrogen and oxygen atoms in total. The second kappa shape index (κ2) is 8.68. The molecule has 0 saturated heterocycles. The van der Waals surface area contributed by atoms with E-state index < -0.39 is 6.04 Å². The molecule has 2 aromatic carbocycles. The number of aromatic nitrogens is 2. The average molecular weight is 385 g/mol. The highest BCUT2D eigenvalue weighted by Gasteiger charge is 2.21. The highest BCUT2D eigenvalue weighted by atomic mass is 35.5. The summed E-state index contributed by atoms with van der Waals surface area (Å²) in [5.41, 5.74) is 2.33. The van der Waals surface area contributed by atoms with Crippen molar-refractivity contribution in [1.29, 1.82) is 0 Å². The van der Waals surface area contributed by atoms with E-state index in [1.807, 2.05) is 43.3 Å². The molecule has 0 aliphatic heterocycles. The highest BCUT2D eigenvalue weighted by molar-refractivity contribution is 6.31. The summed E-state index contributed by atoms with van der Waals surface area (Å²) in [7, 11) is 0. The third-order valence-corrected chi connectivity index (χ3v) is 4.54. The van der Waals surface area contributed by atoms with E-state index in [9.17, 15) is 9.59 Å². The number of H-pyrrole nitrogens is 1. The monoisotopic (exact) mass is 384 g/mol. The number of para-hydroxylation sites is 2. The minimum absolute atomic E-state index is 0.123. The lowest BCUT2D eigenvalue weighted by molar-refractivity contribution is -0.126. The molecule has 0 aliphatic carbocycles. The van der Waals surface area contributed by atoms with Crippen molar-refractivity contribution >= 4 is 40.4 Å². The first-order valence-electron chi connectivity index (χ1n) is 8.85. The standard InChI is InChI=1S/C20H21ClN4O2/c1-2-7-17(22-18(26)12-13-8-3-4-9-14(13)21)19(27)25-20-23-15-10-5-6-11-16(15)24-20/h3-6,8-11,17H,2,7,12H2,1H3,(H,22,26)(H2,23,24,25,27). The van der Waals surface area contributed by atoms with Gasteiger partial charge >= 0.3 is 0 Å². The van der Waals surface area contributed by atoms with Gasteiger partial charge in [-0.25, -0.2) is 4.98 Å². The Morgan fingerprint density at radius 1 is 1.15 bits per heavy atom. The number of nitrogens with zero attached hydrogens (tertiary/aromatic N) is 1. The number of aromatic amines is 1. The van der Waals surface area contributed by atoms with Crippen molar-refractivity contribution in [2.24, 2.45) is 0 Å². The van der Waals surface area contributed by atoms with E-state index in [1.165, 1.54) is 0 Å². The molecule has 0 spiro atoms. The lowest BCUT2D eigenvalue weighted by Crippen LogP contribution is -2.44. The molecule has 140 valence electrons. The van der Waals surface area contributed by atoms with Crippen LogP contribution in [0.3, 0.4) is 0 Å². The van der Waals surface area contributed by atoms with Gasteiger partial charge in [-0.05, 0) is 30.2 Å². The maximum absolute atomic E-state index is 12.6. The quantitative estimate of drug-likeness (QED) is 0.580. The van der Waals surface area contributed by atoms with Gasteiger partial charge in [0.25, 0.3) is 0 Å². The number of fused-ring (bicyclic) bond motifs is 1. The summed E-state index contributed by atoms with van der Waals surface area (Å²) < 4.78 is 0. The molecule has 0 bridgehead atoms. The maximum Gasteiger partial charge on any atom is 0.249 e. The van der Waals surface area contributed by atoms with Crippen LogP contribution >= 0.6 is 11.6 Å². The first-order chi connectivity index (χ1) is 13.1. The molecule has 1 aromatic heterocycles. The Balaban J connectivity index is 1.65. The fourth-order valence-corrected chi connectivity index (χ4v) is 3.04. The molecule has 0 radical (unpaired) electrons. The number of carbonyl (C=O) groups excluding carboxylic acids is 2. The van der Waals surface area contributed by atoms with Gasteiger partial charge in [-0.15, -0.1) is 0 Å². The Labute approximate surface area is 162 Å². The van der Waals surface area contributed by atoms with Gasteiger partial charge in [-0.3, -0.25) is 14.9 Å². The van der Waals surface area contributed by atoms with Crippen molar-refractivity contribution in [1.82, 2.24) is 15.3 Å². The van der Waals surface area contributed by atoms with Gasteiger partial charge in [-0.2, -0.15) is 0 Å². The van der Waals surface area contributed by atoms with Crippen LogP contribution in [0.1, 0.15) is 25.3 Å². The van der Waals surface area contributed by atoms with Crippen molar-refractivity contribution in [3.8, 4) is 0 Å². The fourth-order valence-electron chi connectivity index (χ4n) is 2.83. The van der Waals surface area contributed by atoms with Crippen LogP contribution in [0.15, 0.2) is 48.5 Å². The number of halogens is 1. The topological polar surface area (TPSA) is 86.9 Å². The average Bonchev–Trinajstić information content (AvgIpc) is 3.05. The van der Waals surface area contributed by atoms with Crippen LogP contribution in [0.4, 0.5) is 5.95 Å². The zero-order chi connectivity index (χ0) is 19.2. The number of rotatable bonds is 7. The number of carbonyl (C=O) groups is 2. The molecular weight excluding hydrogens is 364 g/mol. The van der Waals surface area contributed by atoms with Crippen LogP contribution in [-0.4, -0.2) is 27.8 Å². The molecule has 3 N–H and O–H groups in total. The summed E-state index contributed by atoms with van der Waals surface area (Å²) in [6.45, 7) is 1.96. The van der Waals surface area contributed by atoms with Gasteiger partial charge in [0.1, 0.15) is 6.04 Å². The number of imidazole rings is 1. The fraction of sp³-hybridized carbons (Fsp3) is 0.250. The molecule has 1 heterocycles. The Morgan fingerprint density at radius 2 is 1.89 bits per heavy atom. The molecule has 0 saturated carbocycles. The summed E-state index contributed by atoms with van der Waals surface area (Å²) in [5, 5.41) is 6.08. The highest BCUT2D eigenvalue weighted by Crippen LogP contribution is 2.16. The predicted molar refractivity (Wildman–Crippen MR) is 107 cm³/mol. The third kappa shape index (κ3) is 4.86. The molecule has 0 fully saturated rings. The first-order valence-corrected chi connectivity index (χ1v) is 9.23. The SMILES string of the molecule is CCCC(NC(=O)Cc1ccccc1Cl)C(=O)Nc1nc2ccccc2[nH]1. The van der Waals surface area contributed by atoms with Crippen LogP contribution in [0, 0.1) is 0 Å². The summed E-state index contributed by atoms with van der Waals surface area (Å²) in [6, 6.07) is 14.0. The Morgan fingerprint density at radius 3 is 2.63 bits per heavy atom. The number of amides is 2. The number of benzene rings is 2. The van der Waals surface area contributed by atoms with Crippen LogP contribution in [0.25, 0.3) is 11.0 Å². The number of hydrogen-bond acceptors (Lipinski definition) is 3. The summed E-state index contributed by atoms with van der Waals surface area (Å²) in [4.78, 5) is 32.4. The van der Waals surface area contributed by atoms with E-state index in [0.717, 1.165) is 23.0 Å². The minimum atomic E-state index is -0.641. The van der Waals surface area contributed by atoms with Crippen molar-refractivity contribution < 1.29 is 9.59 Å². The lowest BCUT2D eigenvalue weighted by atomic mass is 10.1. The minimum Gasteiger partial charge on any atom is -0.344 e. The van der Waals surface area contributed by atoms with Gasteiger partial charge in [0.2, 0.25) is 17.8 Å². The normalized spacial score (nSPS) is 11.9. The Bertz CT molecular complexity index is 921. The van der Waals surface area contributed by atoms with Crippen molar-refractivity contribution in [3.63, 3.8) is 0 Å². The van der Waals surface area contributed by atoms with Crippen molar-refractivity contribution in [2.45, 2.75) is 32.2 Å². The van der Waals surface area contributed by atoms with E-state index in [4.69, 9.17) is 11.6 Å². The van der Waals surface area contributed by atoms with Crippen molar-refractivity contribution in [2.75, 3.05) is 5.32 Å². The second-order valence-corrected chi connectivity index (χ2v) is 6.68. The molecule has 3 aromatic rings. The van der Waals surface area contributed by atoms with E-state index in [1.54, 1.807) is 12.1 Å². The maximum atomic E-state index is 12.6. The molecule has 27 heavy (non-hydrogen) atoms. The van der Waals surface area contributed by atoms with Crippen LogP contribution < -0.4 is 10.6 Å². The molecule has 3 rings (SSSR count). The number of nitrogens with one attached hydrogen (secondary N) is 3. The third-order valence-electron chi connectivity index (χ3n) is 4.17. The van der Waals surface area contributed by atoms with Crippen LogP contribution in [0.2, 0.25) is 5.02 Å². The summed E-state index contributed by atoms with van der Waals surface area (Å²) in [6.07, 6.45) is 1.41. The smallest absolute Gasteiger partial charge is 0.249 e. The lowest BCUT2D eigenvalue weighted by Gasteiger charge is -2.17. The molecule has 7 heteroatoms. The van der Waals surface area contributed by atoms with Gasteiger partial charge in [0.15, 0.2) is 0 Å². The van der Waals surface area contributed by atoms with E-state index in [0.29, 0.717) is 17.4 Å². The van der Waals surface area contributed by atoms with Crippen LogP contribution in [-0.2, 0) is 16.0 Å². The van der Waals surface area contributed by atoms with Crippen molar-refractivity contribution in [3.05, 3.63) is 59.1 Å². The van der Waals surface area contributed by atoms with Gasteiger partial charge < -0.3 is 10.3 Å². The van der Waals surface area contributed by atoms with Gasteiger partial charge in [0.05, 0.1) is 17.5 Å². The largest absolute Gasteiger partial charge is 0.344 e. The predicted octanol–water partition coefficient (Wildman–Crippen LogP) is 3.68. The summed E-state index contributed by atoms with van der Waals surface area (Å²) >= 11 is 6.10. The Hall–Kier alpha value is -2.86. The van der Waals surface area contributed by atoms with Crippen LogP contribution in [0.5, 0.6) is 0 Å². The summed E-state index contributed by atoms with van der Waals surface area (Å²) in [5.74, 6) is -0.188. The molecule has 2 amide bonds. The Kier molecular flexibility index (Phi) is 6.08. The molecular formula is C20H21ClN4O2. The number of hydrogen-bond donors (Lipinski definition) is 3. The van der Waals surface area contributed by atoms with Gasteiger partial charge in [0, 0.05) is 5.02 Å². The van der Waals surface area contributed by atoms with E-state index in [2.05, 4.69) is 20.6 Å². The zero-order valence-electron chi connectivity index (χ0n) is 15.0. The van der Waals surface area contributed by atoms with E-state index >= 15 is 0 Å². The molecule has 1 atom stereocenters. The first kappa shape index (κ1) is 18.9.